The number of H-pyrrole nitrogens is 1. The molecular weight excluding hydrogens is 722 g/mol. The minimum Gasteiger partial charge on any atom is -0.507 e. The summed E-state index contributed by atoms with van der Waals surface area (Å²) in [5.74, 6) is -3.17. The number of carbonyl (C=O) groups is 4. The Bertz CT molecular complexity index is 1840. The van der Waals surface area contributed by atoms with E-state index in [1.54, 1.807) is 19.9 Å². The first-order chi connectivity index (χ1) is 21.9. The van der Waals surface area contributed by atoms with Crippen molar-refractivity contribution in [1.82, 2.24) is 9.55 Å². The molecule has 46 heavy (non-hydrogen) atoms. The number of carbonyl (C=O) groups excluding carboxylic acids is 4. The fraction of sp³-hybridized carbons (Fsp3) is 0.200. The number of halogens is 4. The molecule has 0 saturated carbocycles. The van der Waals surface area contributed by atoms with Gasteiger partial charge in [0.1, 0.15) is 33.1 Å². The molecule has 0 amide bonds. The molecule has 0 aliphatic rings. The molecule has 16 heteroatoms. The number of hydrogen-bond acceptors (Lipinski definition) is 10. The van der Waals surface area contributed by atoms with E-state index < -0.39 is 35.0 Å². The number of rotatable bonds is 13. The molecule has 4 rings (SSSR count). The number of nitrogens with one attached hydrogen (secondary N) is 1. The van der Waals surface area contributed by atoms with Gasteiger partial charge in [-0.15, -0.1) is 23.5 Å². The van der Waals surface area contributed by atoms with Crippen LogP contribution in [0.4, 0.5) is 0 Å². The largest absolute Gasteiger partial charge is 0.507 e. The third-order valence-electron chi connectivity index (χ3n) is 6.21. The van der Waals surface area contributed by atoms with Crippen molar-refractivity contribution in [3.8, 4) is 17.2 Å². The Morgan fingerprint density at radius 2 is 1.28 bits per heavy atom. The van der Waals surface area contributed by atoms with Crippen LogP contribution in [0.2, 0.25) is 20.2 Å². The normalized spacial score (nSPS) is 11.0. The highest BCUT2D eigenvalue weighted by Gasteiger charge is 2.31. The Balaban J connectivity index is 1.70. The Kier molecular flexibility index (Phi) is 12.0. The zero-order chi connectivity index (χ0) is 33.7. The molecule has 0 radical (unpaired) electrons. The Hall–Kier alpha value is -3.26. The molecule has 2 aromatic carbocycles. The van der Waals surface area contributed by atoms with E-state index in [4.69, 9.17) is 55.9 Å². The predicted molar refractivity (Wildman–Crippen MR) is 178 cm³/mol. The van der Waals surface area contributed by atoms with Gasteiger partial charge in [-0.05, 0) is 50.2 Å². The number of nitrogens with zero attached hydrogens (tertiary/aromatic N) is 1. The molecule has 0 aliphatic carbocycles. The molecule has 0 atom stereocenters. The van der Waals surface area contributed by atoms with E-state index in [1.165, 1.54) is 41.1 Å². The lowest BCUT2D eigenvalue weighted by molar-refractivity contribution is -0.140. The number of esters is 2. The summed E-state index contributed by atoms with van der Waals surface area (Å²) in [6, 6.07) is 8.42. The van der Waals surface area contributed by atoms with Crippen molar-refractivity contribution in [1.29, 1.82) is 0 Å². The summed E-state index contributed by atoms with van der Waals surface area (Å²) >= 11 is 27.9. The minimum atomic E-state index is -0.769. The Morgan fingerprint density at radius 1 is 0.783 bits per heavy atom. The number of hydrogen-bond donors (Lipinski definition) is 3. The van der Waals surface area contributed by atoms with Crippen molar-refractivity contribution in [2.24, 2.45) is 0 Å². The summed E-state index contributed by atoms with van der Waals surface area (Å²) in [5.41, 5.74) is -0.824. The van der Waals surface area contributed by atoms with Crippen LogP contribution in [0.5, 0.6) is 11.5 Å². The number of ketones is 2. The van der Waals surface area contributed by atoms with Crippen LogP contribution in [0.15, 0.2) is 52.4 Å². The highest BCUT2D eigenvalue weighted by Crippen LogP contribution is 2.40. The summed E-state index contributed by atoms with van der Waals surface area (Å²) in [4.78, 5) is 54.7. The number of benzene rings is 2. The maximum absolute atomic E-state index is 13.8. The summed E-state index contributed by atoms with van der Waals surface area (Å²) in [7, 11) is 0. The third-order valence-corrected chi connectivity index (χ3v) is 9.66. The summed E-state index contributed by atoms with van der Waals surface area (Å²) < 4.78 is 11.0. The van der Waals surface area contributed by atoms with Gasteiger partial charge in [-0.25, -0.2) is 0 Å². The van der Waals surface area contributed by atoms with Gasteiger partial charge < -0.3 is 29.2 Å². The molecule has 2 aromatic heterocycles. The lowest BCUT2D eigenvalue weighted by Gasteiger charge is -2.13. The predicted octanol–water partition coefficient (Wildman–Crippen LogP) is 7.60. The fourth-order valence-electron chi connectivity index (χ4n) is 4.21. The zero-order valence-electron chi connectivity index (χ0n) is 24.0. The minimum absolute atomic E-state index is 0.000868. The highest BCUT2D eigenvalue weighted by atomic mass is 35.5. The topological polar surface area (TPSA) is 148 Å². The van der Waals surface area contributed by atoms with Crippen molar-refractivity contribution >= 4 is 93.4 Å². The first kappa shape index (κ1) is 35.6. The standard InChI is InChI=1S/C30H24Cl4N2O8S2/c1-3-43-21(39)12-45-14-5-7-16(19(37)9-14)28(41)25-26(24(33)30(34)35-25)36-11-18(31)23(32)27(36)29(42)17-8-6-15(10-20(17)38)46-13-22(40)44-4-2/h5-11,35,37-38H,3-4,12-13H2,1-2H3. The maximum atomic E-state index is 13.8. The molecule has 0 spiro atoms. The summed E-state index contributed by atoms with van der Waals surface area (Å²) in [6.45, 7) is 3.84. The van der Waals surface area contributed by atoms with E-state index in [1.807, 2.05) is 0 Å². The van der Waals surface area contributed by atoms with E-state index in [0.29, 0.717) is 9.79 Å². The van der Waals surface area contributed by atoms with Crippen LogP contribution in [0.3, 0.4) is 0 Å². The maximum Gasteiger partial charge on any atom is 0.316 e. The second-order valence-corrected chi connectivity index (χ2v) is 12.8. The monoisotopic (exact) mass is 744 g/mol. The lowest BCUT2D eigenvalue weighted by atomic mass is 10.1. The molecule has 4 aromatic rings. The quantitative estimate of drug-likeness (QED) is 0.0710. The highest BCUT2D eigenvalue weighted by molar-refractivity contribution is 8.00. The Morgan fingerprint density at radius 3 is 1.76 bits per heavy atom. The average Bonchev–Trinajstić information content (AvgIpc) is 3.47. The van der Waals surface area contributed by atoms with Gasteiger partial charge >= 0.3 is 11.9 Å². The Labute approximate surface area is 291 Å². The van der Waals surface area contributed by atoms with Gasteiger partial charge in [0.2, 0.25) is 11.6 Å². The SMILES string of the molecule is CCOC(=O)CSc1ccc(C(=O)c2[nH]c(Cl)c(Cl)c2-n2cc(Cl)c(Cl)c2C(=O)c2ccc(SCC(=O)OCC)cc2O)c(O)c1. The number of phenolic OH excluding ortho intramolecular Hbond substituents is 2. The van der Waals surface area contributed by atoms with Crippen molar-refractivity contribution in [2.75, 3.05) is 24.7 Å². The molecule has 0 fully saturated rings. The molecule has 0 unspecified atom stereocenters. The van der Waals surface area contributed by atoms with Gasteiger partial charge in [0.25, 0.3) is 0 Å². The first-order valence-corrected chi connectivity index (χ1v) is 16.8. The van der Waals surface area contributed by atoms with E-state index in [-0.39, 0.29) is 73.1 Å². The van der Waals surface area contributed by atoms with Crippen LogP contribution in [0.1, 0.15) is 46.0 Å². The molecule has 242 valence electrons. The molecule has 10 nitrogen and oxygen atoms in total. The van der Waals surface area contributed by atoms with Crippen LogP contribution in [0.25, 0.3) is 5.69 Å². The first-order valence-electron chi connectivity index (χ1n) is 13.3. The second kappa shape index (κ2) is 15.6. The summed E-state index contributed by atoms with van der Waals surface area (Å²) in [5, 5.41) is 20.9. The van der Waals surface area contributed by atoms with Gasteiger partial charge in [-0.2, -0.15) is 0 Å². The van der Waals surface area contributed by atoms with Crippen molar-refractivity contribution in [3.63, 3.8) is 0 Å². The number of aromatic amines is 1. The number of ether oxygens (including phenoxy) is 2. The van der Waals surface area contributed by atoms with Gasteiger partial charge in [-0.3, -0.25) is 19.2 Å². The van der Waals surface area contributed by atoms with Gasteiger partial charge in [0, 0.05) is 16.0 Å². The molecule has 0 aliphatic heterocycles. The molecule has 2 heterocycles. The average molecular weight is 746 g/mol. The second-order valence-electron chi connectivity index (χ2n) is 9.19. The number of aromatic hydroxyl groups is 2. The molecular formula is C30H24Cl4N2O8S2. The number of aromatic nitrogens is 2. The van der Waals surface area contributed by atoms with E-state index >= 15 is 0 Å². The lowest BCUT2D eigenvalue weighted by Crippen LogP contribution is -2.13. The number of phenols is 2. The zero-order valence-corrected chi connectivity index (χ0v) is 28.6. The van der Waals surface area contributed by atoms with Crippen LogP contribution < -0.4 is 0 Å². The smallest absolute Gasteiger partial charge is 0.316 e. The van der Waals surface area contributed by atoms with Crippen LogP contribution in [-0.4, -0.2) is 68.0 Å². The van der Waals surface area contributed by atoms with E-state index in [2.05, 4.69) is 4.98 Å². The van der Waals surface area contributed by atoms with Crippen molar-refractivity contribution in [2.45, 2.75) is 23.6 Å². The molecule has 3 N–H and O–H groups in total. The van der Waals surface area contributed by atoms with E-state index in [9.17, 15) is 29.4 Å². The van der Waals surface area contributed by atoms with Gasteiger partial charge in [0.05, 0.1) is 51.6 Å². The molecule has 0 bridgehead atoms. The fourth-order valence-corrected chi connectivity index (χ4v) is 6.49. The van der Waals surface area contributed by atoms with Crippen LogP contribution in [-0.2, 0) is 19.1 Å². The van der Waals surface area contributed by atoms with Crippen LogP contribution >= 0.6 is 69.9 Å². The third kappa shape index (κ3) is 7.81. The molecule has 0 saturated heterocycles. The number of thioether (sulfide) groups is 2. The van der Waals surface area contributed by atoms with E-state index in [0.717, 1.165) is 23.5 Å². The van der Waals surface area contributed by atoms with Crippen molar-refractivity contribution < 1.29 is 38.9 Å². The van der Waals surface area contributed by atoms with Gasteiger partial charge in [-0.1, -0.05) is 46.4 Å². The summed E-state index contributed by atoms with van der Waals surface area (Å²) in [6.07, 6.45) is 1.26. The van der Waals surface area contributed by atoms with Crippen LogP contribution in [0, 0.1) is 0 Å². The van der Waals surface area contributed by atoms with Gasteiger partial charge in [0.15, 0.2) is 0 Å². The van der Waals surface area contributed by atoms with Crippen molar-refractivity contribution in [3.05, 3.63) is 85.3 Å².